The van der Waals surface area contributed by atoms with E-state index in [1.165, 1.54) is 17.0 Å². The third kappa shape index (κ3) is 2.83. The van der Waals surface area contributed by atoms with E-state index >= 15 is 0 Å². The molecule has 19 heavy (non-hydrogen) atoms. The summed E-state index contributed by atoms with van der Waals surface area (Å²) in [7, 11) is 1.71. The van der Waals surface area contributed by atoms with E-state index < -0.39 is 0 Å². The molecule has 0 spiro atoms. The van der Waals surface area contributed by atoms with E-state index in [4.69, 9.17) is 4.74 Å². The predicted molar refractivity (Wildman–Crippen MR) is 81.6 cm³/mol. The largest absolute Gasteiger partial charge is 0.497 e. The molecule has 0 fully saturated rings. The van der Waals surface area contributed by atoms with Crippen molar-refractivity contribution in [3.05, 3.63) is 48.2 Å². The second-order valence-electron chi connectivity index (χ2n) is 5.05. The molecule has 0 bridgehead atoms. The van der Waals surface area contributed by atoms with Gasteiger partial charge in [-0.2, -0.15) is 0 Å². The predicted octanol–water partition coefficient (Wildman–Crippen LogP) is 4.39. The van der Waals surface area contributed by atoms with Crippen LogP contribution in [0.25, 0.3) is 0 Å². The van der Waals surface area contributed by atoms with Gasteiger partial charge in [0.2, 0.25) is 0 Å². The lowest BCUT2D eigenvalue weighted by Gasteiger charge is -2.36. The molecule has 1 aromatic carbocycles. The summed E-state index contributed by atoms with van der Waals surface area (Å²) in [6, 6.07) is 8.27. The van der Waals surface area contributed by atoms with Crippen LogP contribution in [0.1, 0.15) is 26.7 Å². The Bertz CT molecular complexity index is 490. The molecule has 102 valence electrons. The molecule has 1 aliphatic rings. The van der Waals surface area contributed by atoms with Gasteiger partial charge in [-0.15, -0.1) is 6.58 Å². The van der Waals surface area contributed by atoms with Crippen LogP contribution in [0.5, 0.6) is 5.75 Å². The van der Waals surface area contributed by atoms with Gasteiger partial charge in [-0.25, -0.2) is 0 Å². The Balaban J connectivity index is 2.37. The summed E-state index contributed by atoms with van der Waals surface area (Å²) in [5.74, 6) is 1.44. The normalized spacial score (nSPS) is 19.5. The molecule has 1 atom stereocenters. The Kier molecular flexibility index (Phi) is 4.31. The van der Waals surface area contributed by atoms with Crippen molar-refractivity contribution in [1.29, 1.82) is 0 Å². The monoisotopic (exact) mass is 257 g/mol. The van der Waals surface area contributed by atoms with Crippen molar-refractivity contribution < 1.29 is 4.74 Å². The molecule has 2 nitrogen and oxygen atoms in total. The molecular formula is C17H23NO. The van der Waals surface area contributed by atoms with Gasteiger partial charge in [-0.05, 0) is 37.8 Å². The van der Waals surface area contributed by atoms with Crippen LogP contribution < -0.4 is 9.64 Å². The Morgan fingerprint density at radius 3 is 2.89 bits per heavy atom. The highest BCUT2D eigenvalue weighted by atomic mass is 16.5. The minimum atomic E-state index is 0.532. The SMILES string of the molecule is C=CC1CC(CC)=C(C)N(c2cccc(OC)c2)C1. The molecule has 0 aromatic heterocycles. The smallest absolute Gasteiger partial charge is 0.120 e. The fourth-order valence-electron chi connectivity index (χ4n) is 2.73. The fraction of sp³-hybridized carbons (Fsp3) is 0.412. The summed E-state index contributed by atoms with van der Waals surface area (Å²) in [6.45, 7) is 9.42. The first-order chi connectivity index (χ1) is 9.19. The average Bonchev–Trinajstić information content (AvgIpc) is 2.47. The molecule has 0 saturated heterocycles. The number of nitrogens with zero attached hydrogens (tertiary/aromatic N) is 1. The summed E-state index contributed by atoms with van der Waals surface area (Å²) in [4.78, 5) is 2.39. The Morgan fingerprint density at radius 2 is 2.26 bits per heavy atom. The standard InChI is InChI=1S/C17H23NO/c1-5-14-10-15(6-2)13(3)18(12-14)16-8-7-9-17(11-16)19-4/h5,7-9,11,14H,1,6,10,12H2,2-4H3. The molecule has 2 heteroatoms. The van der Waals surface area contributed by atoms with E-state index in [-0.39, 0.29) is 0 Å². The third-order valence-electron chi connectivity index (χ3n) is 3.97. The molecule has 0 saturated carbocycles. The van der Waals surface area contributed by atoms with Crippen LogP contribution in [-0.2, 0) is 0 Å². The first-order valence-electron chi connectivity index (χ1n) is 6.92. The number of allylic oxidation sites excluding steroid dienone is 2. The number of ether oxygens (including phenoxy) is 1. The second-order valence-corrected chi connectivity index (χ2v) is 5.05. The summed E-state index contributed by atoms with van der Waals surface area (Å²) in [5, 5.41) is 0. The van der Waals surface area contributed by atoms with Gasteiger partial charge in [-0.3, -0.25) is 0 Å². The van der Waals surface area contributed by atoms with Gasteiger partial charge < -0.3 is 9.64 Å². The highest BCUT2D eigenvalue weighted by Gasteiger charge is 2.23. The minimum Gasteiger partial charge on any atom is -0.497 e. The fourth-order valence-corrected chi connectivity index (χ4v) is 2.73. The zero-order valence-corrected chi connectivity index (χ0v) is 12.1. The summed E-state index contributed by atoms with van der Waals surface area (Å²) < 4.78 is 5.32. The second kappa shape index (κ2) is 5.96. The lowest BCUT2D eigenvalue weighted by atomic mass is 9.91. The van der Waals surface area contributed by atoms with E-state index in [1.54, 1.807) is 7.11 Å². The van der Waals surface area contributed by atoms with Crippen molar-refractivity contribution in [2.75, 3.05) is 18.6 Å². The highest BCUT2D eigenvalue weighted by Crippen LogP contribution is 2.33. The van der Waals surface area contributed by atoms with Crippen molar-refractivity contribution in [2.45, 2.75) is 26.7 Å². The van der Waals surface area contributed by atoms with Crippen LogP contribution in [0.15, 0.2) is 48.2 Å². The maximum absolute atomic E-state index is 5.32. The topological polar surface area (TPSA) is 12.5 Å². The summed E-state index contributed by atoms with van der Waals surface area (Å²) in [5.41, 5.74) is 4.11. The van der Waals surface area contributed by atoms with Gasteiger partial charge in [0, 0.05) is 24.0 Å². The first-order valence-corrected chi connectivity index (χ1v) is 6.92. The van der Waals surface area contributed by atoms with Crippen molar-refractivity contribution in [3.8, 4) is 5.75 Å². The number of hydrogen-bond acceptors (Lipinski definition) is 2. The van der Waals surface area contributed by atoms with Crippen LogP contribution in [0, 0.1) is 5.92 Å². The molecule has 0 aliphatic carbocycles. The number of anilines is 1. The van der Waals surface area contributed by atoms with Gasteiger partial charge in [0.15, 0.2) is 0 Å². The van der Waals surface area contributed by atoms with E-state index in [0.717, 1.165) is 25.1 Å². The lowest BCUT2D eigenvalue weighted by Crippen LogP contribution is -2.32. The van der Waals surface area contributed by atoms with Crippen molar-refractivity contribution in [2.24, 2.45) is 5.92 Å². The van der Waals surface area contributed by atoms with Gasteiger partial charge in [0.25, 0.3) is 0 Å². The first kappa shape index (κ1) is 13.7. The van der Waals surface area contributed by atoms with Gasteiger partial charge in [0.05, 0.1) is 7.11 Å². The van der Waals surface area contributed by atoms with E-state index in [9.17, 15) is 0 Å². The Labute approximate surface area is 116 Å². The van der Waals surface area contributed by atoms with Crippen molar-refractivity contribution >= 4 is 5.69 Å². The van der Waals surface area contributed by atoms with Crippen LogP contribution in [0.2, 0.25) is 0 Å². The van der Waals surface area contributed by atoms with Crippen LogP contribution >= 0.6 is 0 Å². The van der Waals surface area contributed by atoms with E-state index in [2.05, 4.69) is 43.5 Å². The molecule has 1 aromatic rings. The quantitative estimate of drug-likeness (QED) is 0.742. The summed E-state index contributed by atoms with van der Waals surface area (Å²) >= 11 is 0. The number of benzene rings is 1. The minimum absolute atomic E-state index is 0.532. The molecule has 1 heterocycles. The number of rotatable bonds is 4. The zero-order valence-electron chi connectivity index (χ0n) is 12.1. The third-order valence-corrected chi connectivity index (χ3v) is 3.97. The molecule has 1 aliphatic heterocycles. The van der Waals surface area contributed by atoms with Gasteiger partial charge in [-0.1, -0.05) is 24.6 Å². The van der Waals surface area contributed by atoms with Gasteiger partial charge >= 0.3 is 0 Å². The van der Waals surface area contributed by atoms with Gasteiger partial charge in [0.1, 0.15) is 5.75 Å². The maximum atomic E-state index is 5.32. The highest BCUT2D eigenvalue weighted by molar-refractivity contribution is 5.56. The number of hydrogen-bond donors (Lipinski definition) is 0. The molecule has 2 rings (SSSR count). The molecule has 0 N–H and O–H groups in total. The Morgan fingerprint density at radius 1 is 1.47 bits per heavy atom. The Hall–Kier alpha value is -1.70. The molecule has 0 amide bonds. The van der Waals surface area contributed by atoms with Crippen molar-refractivity contribution in [1.82, 2.24) is 0 Å². The molecule has 1 unspecified atom stereocenters. The summed E-state index contributed by atoms with van der Waals surface area (Å²) in [6.07, 6.45) is 4.33. The number of methoxy groups -OCH3 is 1. The van der Waals surface area contributed by atoms with Crippen molar-refractivity contribution in [3.63, 3.8) is 0 Å². The van der Waals surface area contributed by atoms with Crippen LogP contribution in [0.4, 0.5) is 5.69 Å². The lowest BCUT2D eigenvalue weighted by molar-refractivity contribution is 0.414. The maximum Gasteiger partial charge on any atom is 0.120 e. The van der Waals surface area contributed by atoms with E-state index in [0.29, 0.717) is 5.92 Å². The molecule has 0 radical (unpaired) electrons. The van der Waals surface area contributed by atoms with E-state index in [1.807, 2.05) is 12.1 Å². The van der Waals surface area contributed by atoms with Crippen LogP contribution in [0.3, 0.4) is 0 Å². The average molecular weight is 257 g/mol. The molecular weight excluding hydrogens is 234 g/mol. The zero-order chi connectivity index (χ0) is 13.8. The van der Waals surface area contributed by atoms with Crippen LogP contribution in [-0.4, -0.2) is 13.7 Å².